The third-order valence-electron chi connectivity index (χ3n) is 3.14. The largest absolute Gasteiger partial charge is 0.253 e. The van der Waals surface area contributed by atoms with E-state index in [1.165, 1.54) is 18.1 Å². The summed E-state index contributed by atoms with van der Waals surface area (Å²) in [6.45, 7) is 2.10. The molecule has 0 atom stereocenters. The van der Waals surface area contributed by atoms with Crippen molar-refractivity contribution in [1.82, 2.24) is 29.8 Å². The lowest BCUT2D eigenvalue weighted by molar-refractivity contribution is 0.842. The quantitative estimate of drug-likeness (QED) is 0.389. The molecule has 0 amide bonds. The summed E-state index contributed by atoms with van der Waals surface area (Å²) in [6, 6.07) is 12.1. The molecule has 0 fully saturated rings. The van der Waals surface area contributed by atoms with Crippen LogP contribution in [0.2, 0.25) is 0 Å². The van der Waals surface area contributed by atoms with Crippen molar-refractivity contribution in [2.45, 2.75) is 20.6 Å². The van der Waals surface area contributed by atoms with Crippen molar-refractivity contribution in [3.8, 4) is 11.3 Å². The maximum absolute atomic E-state index is 4.58. The van der Waals surface area contributed by atoms with Crippen LogP contribution in [0.5, 0.6) is 0 Å². The van der Waals surface area contributed by atoms with E-state index in [0.717, 1.165) is 30.7 Å². The zero-order valence-corrected chi connectivity index (χ0v) is 15.1. The predicted molar refractivity (Wildman–Crippen MR) is 96.6 cm³/mol. The molecule has 0 bridgehead atoms. The van der Waals surface area contributed by atoms with E-state index in [1.54, 1.807) is 27.6 Å². The van der Waals surface area contributed by atoms with Crippen molar-refractivity contribution in [3.05, 3.63) is 42.7 Å². The zero-order valence-electron chi connectivity index (χ0n) is 12.7. The van der Waals surface area contributed by atoms with E-state index >= 15 is 0 Å². The Labute approximate surface area is 150 Å². The van der Waals surface area contributed by atoms with Gasteiger partial charge in [0.25, 0.3) is 5.78 Å². The molecule has 0 aliphatic carbocycles. The fourth-order valence-corrected chi connectivity index (χ4v) is 5.07. The minimum absolute atomic E-state index is 0.575. The number of thioether (sulfide) groups is 1. The average molecular weight is 373 g/mol. The molecule has 0 saturated heterocycles. The molecule has 0 aliphatic heterocycles. The standard InChI is InChI=1S/C15H12N6S3/c1-2-22-14-19-20-15(24-14)23-12-8-11(10-6-4-3-5-7-10)18-13-16-9-17-21(12)13/h3-9H,2H2,1H3. The van der Waals surface area contributed by atoms with Crippen molar-refractivity contribution >= 4 is 40.6 Å². The van der Waals surface area contributed by atoms with Gasteiger partial charge in [0, 0.05) is 5.56 Å². The van der Waals surface area contributed by atoms with Crippen LogP contribution in [-0.2, 0) is 0 Å². The lowest BCUT2D eigenvalue weighted by Gasteiger charge is -2.05. The van der Waals surface area contributed by atoms with Crippen LogP contribution in [0, 0.1) is 0 Å². The summed E-state index contributed by atoms with van der Waals surface area (Å²) in [7, 11) is 0. The van der Waals surface area contributed by atoms with Gasteiger partial charge in [-0.05, 0) is 23.6 Å². The van der Waals surface area contributed by atoms with Crippen LogP contribution in [0.4, 0.5) is 0 Å². The first-order valence-corrected chi connectivity index (χ1v) is 9.85. The number of benzene rings is 1. The number of hydrogen-bond acceptors (Lipinski definition) is 8. The highest BCUT2D eigenvalue weighted by Gasteiger charge is 2.13. The van der Waals surface area contributed by atoms with Crippen LogP contribution in [0.15, 0.2) is 56.4 Å². The monoisotopic (exact) mass is 372 g/mol. The van der Waals surface area contributed by atoms with E-state index in [2.05, 4.69) is 32.2 Å². The lowest BCUT2D eigenvalue weighted by Crippen LogP contribution is -1.97. The van der Waals surface area contributed by atoms with Gasteiger partial charge in [-0.25, -0.2) is 4.98 Å². The van der Waals surface area contributed by atoms with Gasteiger partial charge in [-0.15, -0.1) is 10.2 Å². The topological polar surface area (TPSA) is 68.9 Å². The van der Waals surface area contributed by atoms with E-state index < -0.39 is 0 Å². The molecular formula is C15H12N6S3. The number of hydrogen-bond donors (Lipinski definition) is 0. The highest BCUT2D eigenvalue weighted by molar-refractivity contribution is 8.03. The molecule has 0 aliphatic rings. The summed E-state index contributed by atoms with van der Waals surface area (Å²) in [6.07, 6.45) is 1.51. The molecule has 9 heteroatoms. The Morgan fingerprint density at radius 1 is 1.12 bits per heavy atom. The molecule has 6 nitrogen and oxygen atoms in total. The fraction of sp³-hybridized carbons (Fsp3) is 0.133. The predicted octanol–water partition coefficient (Wildman–Crippen LogP) is 3.91. The second-order valence-electron chi connectivity index (χ2n) is 4.69. The Morgan fingerprint density at radius 3 is 2.79 bits per heavy atom. The van der Waals surface area contributed by atoms with Crippen LogP contribution in [0.25, 0.3) is 17.0 Å². The van der Waals surface area contributed by atoms with Crippen LogP contribution >= 0.6 is 34.9 Å². The van der Waals surface area contributed by atoms with E-state index in [4.69, 9.17) is 0 Å². The van der Waals surface area contributed by atoms with Crippen molar-refractivity contribution < 1.29 is 0 Å². The molecule has 4 aromatic rings. The van der Waals surface area contributed by atoms with Crippen molar-refractivity contribution in [3.63, 3.8) is 0 Å². The zero-order chi connectivity index (χ0) is 16.4. The van der Waals surface area contributed by atoms with E-state index in [-0.39, 0.29) is 0 Å². The highest BCUT2D eigenvalue weighted by atomic mass is 32.2. The Bertz CT molecular complexity index is 966. The number of nitrogens with zero attached hydrogens (tertiary/aromatic N) is 6. The molecule has 24 heavy (non-hydrogen) atoms. The van der Waals surface area contributed by atoms with Crippen LogP contribution < -0.4 is 0 Å². The first kappa shape index (κ1) is 15.6. The number of fused-ring (bicyclic) bond motifs is 1. The number of rotatable bonds is 5. The van der Waals surface area contributed by atoms with Gasteiger partial charge >= 0.3 is 0 Å². The first-order chi connectivity index (χ1) is 11.8. The molecule has 4 rings (SSSR count). The molecule has 0 radical (unpaired) electrons. The Morgan fingerprint density at radius 2 is 1.96 bits per heavy atom. The van der Waals surface area contributed by atoms with Crippen molar-refractivity contribution in [1.29, 1.82) is 0 Å². The third kappa shape index (κ3) is 3.14. The van der Waals surface area contributed by atoms with Crippen LogP contribution in [-0.4, -0.2) is 35.5 Å². The summed E-state index contributed by atoms with van der Waals surface area (Å²) in [5.41, 5.74) is 1.91. The third-order valence-corrected chi connectivity index (χ3v) is 6.13. The summed E-state index contributed by atoms with van der Waals surface area (Å²) in [5, 5.41) is 13.6. The van der Waals surface area contributed by atoms with Crippen molar-refractivity contribution in [2.75, 3.05) is 5.75 Å². The molecule has 0 saturated carbocycles. The van der Waals surface area contributed by atoms with Gasteiger partial charge in [-0.2, -0.15) is 14.6 Å². The van der Waals surface area contributed by atoms with Gasteiger partial charge in [-0.1, -0.05) is 60.4 Å². The van der Waals surface area contributed by atoms with Crippen LogP contribution in [0.3, 0.4) is 0 Å². The normalized spacial score (nSPS) is 11.2. The van der Waals surface area contributed by atoms with Gasteiger partial charge in [0.05, 0.1) is 5.69 Å². The highest BCUT2D eigenvalue weighted by Crippen LogP contribution is 2.34. The first-order valence-electron chi connectivity index (χ1n) is 7.24. The van der Waals surface area contributed by atoms with Gasteiger partial charge < -0.3 is 0 Å². The summed E-state index contributed by atoms with van der Waals surface area (Å²) < 4.78 is 3.59. The van der Waals surface area contributed by atoms with E-state index in [9.17, 15) is 0 Å². The van der Waals surface area contributed by atoms with Gasteiger partial charge in [0.15, 0.2) is 8.68 Å². The van der Waals surface area contributed by atoms with Crippen molar-refractivity contribution in [2.24, 2.45) is 0 Å². The molecule has 3 aromatic heterocycles. The van der Waals surface area contributed by atoms with Crippen LogP contribution in [0.1, 0.15) is 6.92 Å². The molecule has 0 N–H and O–H groups in total. The fourth-order valence-electron chi connectivity index (χ4n) is 2.12. The second kappa shape index (κ2) is 6.88. The average Bonchev–Trinajstić information content (AvgIpc) is 3.25. The Balaban J connectivity index is 1.74. The maximum atomic E-state index is 4.58. The molecular weight excluding hydrogens is 360 g/mol. The van der Waals surface area contributed by atoms with Gasteiger partial charge in [0.1, 0.15) is 11.4 Å². The minimum Gasteiger partial charge on any atom is -0.211 e. The Hall–Kier alpha value is -1.97. The number of aromatic nitrogens is 6. The summed E-state index contributed by atoms with van der Waals surface area (Å²) >= 11 is 4.81. The smallest absolute Gasteiger partial charge is 0.211 e. The molecule has 120 valence electrons. The Kier molecular flexibility index (Phi) is 4.46. The molecule has 0 unspecified atom stereocenters. The summed E-state index contributed by atoms with van der Waals surface area (Å²) in [4.78, 5) is 8.81. The van der Waals surface area contributed by atoms with E-state index in [0.29, 0.717) is 5.78 Å². The maximum Gasteiger partial charge on any atom is 0.253 e. The lowest BCUT2D eigenvalue weighted by atomic mass is 10.1. The second-order valence-corrected chi connectivity index (χ2v) is 8.44. The SMILES string of the molecule is CCSc1nnc(Sc2cc(-c3ccccc3)nc3ncnn23)s1. The van der Waals surface area contributed by atoms with Gasteiger partial charge in [-0.3, -0.25) is 0 Å². The van der Waals surface area contributed by atoms with E-state index in [1.807, 2.05) is 36.4 Å². The molecule has 3 heterocycles. The minimum atomic E-state index is 0.575. The van der Waals surface area contributed by atoms with Gasteiger partial charge in [0.2, 0.25) is 0 Å². The summed E-state index contributed by atoms with van der Waals surface area (Å²) in [5.74, 6) is 1.56. The molecule has 0 spiro atoms. The molecule has 1 aromatic carbocycles.